The minimum atomic E-state index is -0.481. The summed E-state index contributed by atoms with van der Waals surface area (Å²) in [6.45, 7) is 0.370. The summed E-state index contributed by atoms with van der Waals surface area (Å²) in [5, 5.41) is 3.88. The largest absolute Gasteiger partial charge is 0.346 e. The zero-order valence-electron chi connectivity index (χ0n) is 13.4. The van der Waals surface area contributed by atoms with Gasteiger partial charge in [0, 0.05) is 42.8 Å². The van der Waals surface area contributed by atoms with Crippen LogP contribution < -0.4 is 5.32 Å². The van der Waals surface area contributed by atoms with E-state index in [1.54, 1.807) is 30.9 Å². The minimum Gasteiger partial charge on any atom is -0.346 e. The molecule has 4 rings (SSSR count). The van der Waals surface area contributed by atoms with Gasteiger partial charge in [-0.2, -0.15) is 0 Å². The Bertz CT molecular complexity index is 957. The molecule has 1 atom stereocenters. The van der Waals surface area contributed by atoms with Crippen molar-refractivity contribution in [1.82, 2.24) is 15.0 Å². The Morgan fingerprint density at radius 1 is 1.24 bits per heavy atom. The first kappa shape index (κ1) is 15.2. The van der Waals surface area contributed by atoms with Crippen LogP contribution in [0.5, 0.6) is 0 Å². The number of H-pyrrole nitrogens is 1. The fourth-order valence-electron chi connectivity index (χ4n) is 2.74. The lowest BCUT2D eigenvalue weighted by Crippen LogP contribution is -2.30. The summed E-state index contributed by atoms with van der Waals surface area (Å²) in [6.07, 6.45) is 9.39. The van der Waals surface area contributed by atoms with E-state index in [4.69, 9.17) is 0 Å². The van der Waals surface area contributed by atoms with E-state index >= 15 is 0 Å². The maximum absolute atomic E-state index is 12.1. The first-order valence-corrected chi connectivity index (χ1v) is 7.98. The molecule has 0 spiro atoms. The summed E-state index contributed by atoms with van der Waals surface area (Å²) in [5.41, 5.74) is 3.10. The van der Waals surface area contributed by atoms with Crippen LogP contribution in [-0.2, 0) is 11.2 Å². The summed E-state index contributed by atoms with van der Waals surface area (Å²) in [6, 6.07) is 7.25. The zero-order valence-corrected chi connectivity index (χ0v) is 13.4. The van der Waals surface area contributed by atoms with Crippen LogP contribution in [0, 0.1) is 0 Å². The number of rotatable bonds is 4. The maximum atomic E-state index is 12.1. The third-order valence-corrected chi connectivity index (χ3v) is 4.03. The summed E-state index contributed by atoms with van der Waals surface area (Å²) in [7, 11) is 0. The molecule has 0 aliphatic carbocycles. The van der Waals surface area contributed by atoms with Crippen LogP contribution in [0.4, 0.5) is 5.82 Å². The van der Waals surface area contributed by atoms with E-state index in [0.29, 0.717) is 12.4 Å². The first-order chi connectivity index (χ1) is 12.3. The van der Waals surface area contributed by atoms with Gasteiger partial charge in [0.25, 0.3) is 5.91 Å². The number of hydrogen-bond donors (Lipinski definition) is 2. The molecule has 0 radical (unpaired) electrons. The number of nitrogens with zero attached hydrogens (tertiary/aromatic N) is 4. The van der Waals surface area contributed by atoms with Crippen molar-refractivity contribution in [2.45, 2.75) is 12.5 Å². The van der Waals surface area contributed by atoms with Gasteiger partial charge in [0.1, 0.15) is 17.5 Å². The van der Waals surface area contributed by atoms with Gasteiger partial charge in [0.15, 0.2) is 0 Å². The van der Waals surface area contributed by atoms with Crippen LogP contribution in [-0.4, -0.2) is 45.9 Å². The van der Waals surface area contributed by atoms with Crippen LogP contribution in [0.25, 0.3) is 11.0 Å². The van der Waals surface area contributed by atoms with Crippen molar-refractivity contribution in [3.63, 3.8) is 0 Å². The lowest BCUT2D eigenvalue weighted by molar-refractivity contribution is -0.117. The van der Waals surface area contributed by atoms with Gasteiger partial charge in [-0.25, -0.2) is 9.97 Å². The molecular weight excluding hydrogens is 316 g/mol. The lowest BCUT2D eigenvalue weighted by Gasteiger charge is -2.12. The number of aromatic nitrogens is 3. The summed E-state index contributed by atoms with van der Waals surface area (Å²) in [5.74, 6) is 0.315. The number of aromatic amines is 1. The molecule has 4 heterocycles. The van der Waals surface area contributed by atoms with Gasteiger partial charge >= 0.3 is 0 Å². The monoisotopic (exact) mass is 332 g/mol. The molecule has 7 nitrogen and oxygen atoms in total. The standard InChI is InChI=1S/C18H16N6O/c25-18(15-11-19-6-7-20-15)24-16-4-3-12(9-22-16)8-13-10-23-17-14(13)2-1-5-21-17/h1-7,9-10,15H,8,11H2,(H,21,23)(H,22,24,25). The van der Waals surface area contributed by atoms with E-state index in [0.717, 1.165) is 28.6 Å². The summed E-state index contributed by atoms with van der Waals surface area (Å²) in [4.78, 5) is 32.0. The van der Waals surface area contributed by atoms with E-state index in [-0.39, 0.29) is 5.91 Å². The van der Waals surface area contributed by atoms with Crippen molar-refractivity contribution in [2.24, 2.45) is 9.98 Å². The van der Waals surface area contributed by atoms with Gasteiger partial charge in [-0.3, -0.25) is 14.8 Å². The van der Waals surface area contributed by atoms with Gasteiger partial charge in [-0.05, 0) is 29.3 Å². The molecule has 1 aliphatic heterocycles. The number of pyridine rings is 2. The molecule has 25 heavy (non-hydrogen) atoms. The molecule has 0 saturated carbocycles. The number of carbonyl (C=O) groups excluding carboxylic acids is 1. The number of nitrogens with one attached hydrogen (secondary N) is 2. The second kappa shape index (κ2) is 6.64. The smallest absolute Gasteiger partial charge is 0.252 e. The highest BCUT2D eigenvalue weighted by Gasteiger charge is 2.17. The van der Waals surface area contributed by atoms with E-state index < -0.39 is 6.04 Å². The highest BCUT2D eigenvalue weighted by atomic mass is 16.2. The molecule has 1 aliphatic rings. The predicted octanol–water partition coefficient (Wildman–Crippen LogP) is 2.01. The molecule has 1 unspecified atom stereocenters. The molecule has 0 fully saturated rings. The highest BCUT2D eigenvalue weighted by molar-refractivity contribution is 6.17. The van der Waals surface area contributed by atoms with Crippen molar-refractivity contribution in [1.29, 1.82) is 0 Å². The van der Waals surface area contributed by atoms with Crippen molar-refractivity contribution in [3.8, 4) is 0 Å². The Morgan fingerprint density at radius 2 is 2.20 bits per heavy atom. The van der Waals surface area contributed by atoms with Gasteiger partial charge in [0.2, 0.25) is 0 Å². The Kier molecular flexibility index (Phi) is 4.04. The highest BCUT2D eigenvalue weighted by Crippen LogP contribution is 2.19. The summed E-state index contributed by atoms with van der Waals surface area (Å²) < 4.78 is 0. The third-order valence-electron chi connectivity index (χ3n) is 4.03. The third kappa shape index (κ3) is 3.30. The van der Waals surface area contributed by atoms with E-state index in [1.807, 2.05) is 24.4 Å². The minimum absolute atomic E-state index is 0.198. The number of fused-ring (bicyclic) bond motifs is 1. The number of anilines is 1. The van der Waals surface area contributed by atoms with E-state index in [9.17, 15) is 4.79 Å². The predicted molar refractivity (Wildman–Crippen MR) is 97.4 cm³/mol. The van der Waals surface area contributed by atoms with Crippen molar-refractivity contribution in [2.75, 3.05) is 11.9 Å². The Morgan fingerprint density at radius 3 is 3.00 bits per heavy atom. The first-order valence-electron chi connectivity index (χ1n) is 7.98. The SMILES string of the molecule is O=C(Nc1ccc(Cc2c[nH]c3ncccc23)cn1)C1CN=CC=N1. The van der Waals surface area contributed by atoms with Gasteiger partial charge < -0.3 is 10.3 Å². The van der Waals surface area contributed by atoms with Crippen LogP contribution in [0.2, 0.25) is 0 Å². The number of carbonyl (C=O) groups is 1. The number of aliphatic imine (C=N–C) groups is 2. The second-order valence-corrected chi connectivity index (χ2v) is 5.76. The van der Waals surface area contributed by atoms with Gasteiger partial charge in [0.05, 0.1) is 6.54 Å². The normalized spacial score (nSPS) is 16.2. The zero-order chi connectivity index (χ0) is 17.1. The Balaban J connectivity index is 1.44. The Labute approximate surface area is 144 Å². The fraction of sp³-hybridized carbons (Fsp3) is 0.167. The second-order valence-electron chi connectivity index (χ2n) is 5.76. The molecule has 1 amide bonds. The van der Waals surface area contributed by atoms with Crippen LogP contribution in [0.3, 0.4) is 0 Å². The average Bonchev–Trinajstić information content (AvgIpc) is 3.07. The number of amides is 1. The topological polar surface area (TPSA) is 95.4 Å². The van der Waals surface area contributed by atoms with Crippen molar-refractivity contribution in [3.05, 3.63) is 54.0 Å². The van der Waals surface area contributed by atoms with Crippen LogP contribution in [0.15, 0.2) is 52.8 Å². The molecule has 0 bridgehead atoms. The van der Waals surface area contributed by atoms with Crippen LogP contribution >= 0.6 is 0 Å². The quantitative estimate of drug-likeness (QED) is 0.765. The molecular formula is C18H16N6O. The van der Waals surface area contributed by atoms with Crippen molar-refractivity contribution < 1.29 is 4.79 Å². The van der Waals surface area contributed by atoms with Crippen molar-refractivity contribution >= 4 is 35.2 Å². The molecule has 0 aromatic carbocycles. The number of hydrogen-bond acceptors (Lipinski definition) is 5. The van der Waals surface area contributed by atoms with E-state index in [1.165, 1.54) is 0 Å². The molecule has 124 valence electrons. The molecule has 3 aromatic rings. The molecule has 3 aromatic heterocycles. The molecule has 2 N–H and O–H groups in total. The van der Waals surface area contributed by atoms with Gasteiger partial charge in [-0.1, -0.05) is 6.07 Å². The Hall–Kier alpha value is -3.35. The average molecular weight is 332 g/mol. The summed E-state index contributed by atoms with van der Waals surface area (Å²) >= 11 is 0. The lowest BCUT2D eigenvalue weighted by atomic mass is 10.1. The molecule has 0 saturated heterocycles. The fourth-order valence-corrected chi connectivity index (χ4v) is 2.74. The van der Waals surface area contributed by atoms with Crippen LogP contribution in [0.1, 0.15) is 11.1 Å². The van der Waals surface area contributed by atoms with E-state index in [2.05, 4.69) is 30.3 Å². The maximum Gasteiger partial charge on any atom is 0.252 e. The van der Waals surface area contributed by atoms with Gasteiger partial charge in [-0.15, -0.1) is 0 Å². The molecule has 7 heteroatoms.